The fourth-order valence-corrected chi connectivity index (χ4v) is 5.05. The minimum Gasteiger partial charge on any atom is -0.481 e. The van der Waals surface area contributed by atoms with Crippen LogP contribution in [0.3, 0.4) is 0 Å². The molecule has 27 heavy (non-hydrogen) atoms. The van der Waals surface area contributed by atoms with Gasteiger partial charge in [-0.25, -0.2) is 8.78 Å². The van der Waals surface area contributed by atoms with E-state index in [9.17, 15) is 18.7 Å². The summed E-state index contributed by atoms with van der Waals surface area (Å²) in [4.78, 5) is 14.5. The monoisotopic (exact) mass is 387 g/mol. The lowest BCUT2D eigenvalue weighted by atomic mass is 9.94. The van der Waals surface area contributed by atoms with Crippen molar-refractivity contribution in [2.24, 2.45) is 5.92 Å². The smallest absolute Gasteiger partial charge is 0.307 e. The molecule has 1 saturated heterocycles. The molecule has 1 aliphatic rings. The SMILES string of the molecule is O=C(O)C1CCCN(C(c2cc3ccccc3s2)c2ccc(F)cc2F)C1. The molecule has 1 fully saturated rings. The minimum atomic E-state index is -0.825. The normalized spacial score (nSPS) is 19.3. The van der Waals surface area contributed by atoms with Gasteiger partial charge in [0.15, 0.2) is 0 Å². The second-order valence-electron chi connectivity index (χ2n) is 6.93. The molecule has 0 radical (unpaired) electrons. The van der Waals surface area contributed by atoms with E-state index in [0.29, 0.717) is 25.1 Å². The number of fused-ring (bicyclic) bond motifs is 1. The van der Waals surface area contributed by atoms with Gasteiger partial charge >= 0.3 is 5.97 Å². The third kappa shape index (κ3) is 3.59. The summed E-state index contributed by atoms with van der Waals surface area (Å²) >= 11 is 1.57. The lowest BCUT2D eigenvalue weighted by Gasteiger charge is -2.37. The number of piperidine rings is 1. The maximum absolute atomic E-state index is 14.7. The highest BCUT2D eigenvalue weighted by atomic mass is 32.1. The Bertz CT molecular complexity index is 954. The second kappa shape index (κ2) is 7.37. The molecule has 3 nitrogen and oxygen atoms in total. The van der Waals surface area contributed by atoms with Crippen LogP contribution in [0.1, 0.15) is 29.3 Å². The van der Waals surface area contributed by atoms with Crippen LogP contribution in [0, 0.1) is 17.6 Å². The Morgan fingerprint density at radius 2 is 2.00 bits per heavy atom. The van der Waals surface area contributed by atoms with Crippen LogP contribution in [0.4, 0.5) is 8.78 Å². The van der Waals surface area contributed by atoms with E-state index in [-0.39, 0.29) is 0 Å². The van der Waals surface area contributed by atoms with E-state index in [2.05, 4.69) is 0 Å². The van der Waals surface area contributed by atoms with E-state index in [1.54, 1.807) is 11.3 Å². The Balaban J connectivity index is 1.80. The van der Waals surface area contributed by atoms with Crippen LogP contribution in [-0.2, 0) is 4.79 Å². The first-order valence-corrected chi connectivity index (χ1v) is 9.75. The standard InChI is InChI=1S/C21H19F2NO2S/c22-15-7-8-16(17(23)11-15)20(24-9-3-5-14(12-24)21(25)26)19-10-13-4-1-2-6-18(13)27-19/h1-2,4,6-8,10-11,14,20H,3,5,9,12H2,(H,25,26). The number of likely N-dealkylation sites (tertiary alicyclic amines) is 1. The largest absolute Gasteiger partial charge is 0.481 e. The maximum Gasteiger partial charge on any atom is 0.307 e. The van der Waals surface area contributed by atoms with E-state index >= 15 is 0 Å². The molecule has 140 valence electrons. The van der Waals surface area contributed by atoms with Gasteiger partial charge in [-0.05, 0) is 43.0 Å². The van der Waals surface area contributed by atoms with Gasteiger partial charge in [-0.3, -0.25) is 9.69 Å². The van der Waals surface area contributed by atoms with Crippen LogP contribution >= 0.6 is 11.3 Å². The average molecular weight is 387 g/mol. The fraction of sp³-hybridized carbons (Fsp3) is 0.286. The lowest BCUT2D eigenvalue weighted by molar-refractivity contribution is -0.143. The molecule has 2 heterocycles. The number of aliphatic carboxylic acids is 1. The average Bonchev–Trinajstić information content (AvgIpc) is 3.07. The summed E-state index contributed by atoms with van der Waals surface area (Å²) in [5.41, 5.74) is 0.383. The summed E-state index contributed by atoms with van der Waals surface area (Å²) in [5, 5.41) is 10.5. The predicted molar refractivity (Wildman–Crippen MR) is 102 cm³/mol. The second-order valence-corrected chi connectivity index (χ2v) is 8.04. The lowest BCUT2D eigenvalue weighted by Crippen LogP contribution is -2.41. The van der Waals surface area contributed by atoms with E-state index < -0.39 is 29.6 Å². The van der Waals surface area contributed by atoms with Gasteiger partial charge < -0.3 is 5.11 Å². The molecule has 1 N–H and O–H groups in total. The summed E-state index contributed by atoms with van der Waals surface area (Å²) in [5.74, 6) is -2.52. The van der Waals surface area contributed by atoms with E-state index in [0.717, 1.165) is 27.5 Å². The number of nitrogens with zero attached hydrogens (tertiary/aromatic N) is 1. The first kappa shape index (κ1) is 18.1. The summed E-state index contributed by atoms with van der Waals surface area (Å²) in [6.07, 6.45) is 1.36. The molecule has 4 rings (SSSR count). The highest BCUT2D eigenvalue weighted by molar-refractivity contribution is 7.19. The van der Waals surface area contributed by atoms with Crippen LogP contribution in [0.5, 0.6) is 0 Å². The molecule has 0 saturated carbocycles. The summed E-state index contributed by atoms with van der Waals surface area (Å²) in [7, 11) is 0. The molecule has 2 atom stereocenters. The summed E-state index contributed by atoms with van der Waals surface area (Å²) in [6.45, 7) is 1.03. The third-order valence-corrected chi connectivity index (χ3v) is 6.31. The maximum atomic E-state index is 14.7. The van der Waals surface area contributed by atoms with Gasteiger partial charge in [0.1, 0.15) is 11.6 Å². The number of carbonyl (C=O) groups is 1. The van der Waals surface area contributed by atoms with Gasteiger partial charge in [0.05, 0.1) is 12.0 Å². The van der Waals surface area contributed by atoms with E-state index in [1.807, 2.05) is 35.2 Å². The van der Waals surface area contributed by atoms with E-state index in [4.69, 9.17) is 0 Å². The van der Waals surface area contributed by atoms with Crippen molar-refractivity contribution >= 4 is 27.4 Å². The van der Waals surface area contributed by atoms with Gasteiger partial charge in [-0.15, -0.1) is 11.3 Å². The molecule has 1 aromatic heterocycles. The predicted octanol–water partition coefficient (Wildman–Crippen LogP) is 5.07. The molecule has 2 aromatic carbocycles. The van der Waals surface area contributed by atoms with Crippen LogP contribution in [-0.4, -0.2) is 29.1 Å². The van der Waals surface area contributed by atoms with Gasteiger partial charge in [-0.1, -0.05) is 24.3 Å². The summed E-state index contributed by atoms with van der Waals surface area (Å²) in [6, 6.07) is 13.2. The molecule has 0 spiro atoms. The van der Waals surface area contributed by atoms with Gasteiger partial charge in [0.2, 0.25) is 0 Å². The van der Waals surface area contributed by atoms with Crippen molar-refractivity contribution in [2.45, 2.75) is 18.9 Å². The van der Waals surface area contributed by atoms with Crippen molar-refractivity contribution in [2.75, 3.05) is 13.1 Å². The number of hydrogen-bond acceptors (Lipinski definition) is 3. The van der Waals surface area contributed by atoms with Crippen LogP contribution < -0.4 is 0 Å². The van der Waals surface area contributed by atoms with Crippen molar-refractivity contribution in [1.29, 1.82) is 0 Å². The molecule has 2 unspecified atom stereocenters. The van der Waals surface area contributed by atoms with Crippen molar-refractivity contribution in [3.63, 3.8) is 0 Å². The van der Waals surface area contributed by atoms with Gasteiger partial charge in [0, 0.05) is 27.8 Å². The zero-order chi connectivity index (χ0) is 19.0. The number of carboxylic acids is 1. The van der Waals surface area contributed by atoms with Crippen molar-refractivity contribution in [1.82, 2.24) is 4.90 Å². The molecular formula is C21H19F2NO2S. The Kier molecular flexibility index (Phi) is 4.93. The van der Waals surface area contributed by atoms with Crippen LogP contribution in [0.25, 0.3) is 10.1 Å². The van der Waals surface area contributed by atoms with E-state index in [1.165, 1.54) is 12.1 Å². The first-order chi connectivity index (χ1) is 13.0. The first-order valence-electron chi connectivity index (χ1n) is 8.93. The Morgan fingerprint density at radius 3 is 2.74 bits per heavy atom. The Morgan fingerprint density at radius 1 is 1.19 bits per heavy atom. The molecule has 1 aliphatic heterocycles. The molecule has 0 amide bonds. The zero-order valence-electron chi connectivity index (χ0n) is 14.6. The molecule has 0 aliphatic carbocycles. The van der Waals surface area contributed by atoms with Gasteiger partial charge in [0.25, 0.3) is 0 Å². The highest BCUT2D eigenvalue weighted by Gasteiger charge is 2.33. The number of halogens is 2. The topological polar surface area (TPSA) is 40.5 Å². The van der Waals surface area contributed by atoms with Crippen LogP contribution in [0.2, 0.25) is 0 Å². The van der Waals surface area contributed by atoms with Crippen molar-refractivity contribution < 1.29 is 18.7 Å². The molecule has 3 aromatic rings. The molecule has 0 bridgehead atoms. The quantitative estimate of drug-likeness (QED) is 0.680. The zero-order valence-corrected chi connectivity index (χ0v) is 15.4. The third-order valence-electron chi connectivity index (χ3n) is 5.14. The minimum absolute atomic E-state index is 0.352. The number of benzene rings is 2. The number of hydrogen-bond donors (Lipinski definition) is 1. The highest BCUT2D eigenvalue weighted by Crippen LogP contribution is 2.39. The number of thiophene rings is 1. The number of rotatable bonds is 4. The molecule has 6 heteroatoms. The fourth-order valence-electron chi connectivity index (χ4n) is 3.83. The Hall–Kier alpha value is -2.31. The van der Waals surface area contributed by atoms with Gasteiger partial charge in [-0.2, -0.15) is 0 Å². The van der Waals surface area contributed by atoms with Crippen molar-refractivity contribution in [3.05, 3.63) is 70.6 Å². The van der Waals surface area contributed by atoms with Crippen molar-refractivity contribution in [3.8, 4) is 0 Å². The Labute approximate surface area is 159 Å². The van der Waals surface area contributed by atoms with Crippen LogP contribution in [0.15, 0.2) is 48.5 Å². The number of carboxylic acid groups (broad SMARTS) is 1. The molecular weight excluding hydrogens is 368 g/mol. The summed E-state index contributed by atoms with van der Waals surface area (Å²) < 4.78 is 29.2.